The molecule has 9 heteroatoms. The van der Waals surface area contributed by atoms with Gasteiger partial charge in [-0.15, -0.1) is 0 Å². The molecule has 170 valence electrons. The van der Waals surface area contributed by atoms with Gasteiger partial charge >= 0.3 is 0 Å². The van der Waals surface area contributed by atoms with Gasteiger partial charge < -0.3 is 5.32 Å². The molecule has 0 aliphatic rings. The van der Waals surface area contributed by atoms with E-state index in [1.54, 1.807) is 41.2 Å². The van der Waals surface area contributed by atoms with Gasteiger partial charge in [0.05, 0.1) is 18.4 Å². The summed E-state index contributed by atoms with van der Waals surface area (Å²) < 4.78 is 30.2. The molecule has 1 amide bonds. The topological polar surface area (TPSA) is 77.1 Å². The molecule has 5 rings (SSSR count). The van der Waals surface area contributed by atoms with Gasteiger partial charge in [-0.05, 0) is 18.6 Å². The highest BCUT2D eigenvalue weighted by atomic mass is 19.3. The van der Waals surface area contributed by atoms with Crippen LogP contribution in [0.3, 0.4) is 0 Å². The third-order valence-corrected chi connectivity index (χ3v) is 5.38. The normalized spacial score (nSPS) is 11.3. The summed E-state index contributed by atoms with van der Waals surface area (Å²) in [6, 6.07) is 20.0. The quantitative estimate of drug-likeness (QED) is 0.382. The van der Waals surface area contributed by atoms with E-state index < -0.39 is 12.3 Å². The van der Waals surface area contributed by atoms with Gasteiger partial charge in [0, 0.05) is 17.8 Å². The number of nitrogens with zero attached hydrogens (tertiary/aromatic N) is 5. The van der Waals surface area contributed by atoms with Gasteiger partial charge in [0.2, 0.25) is 0 Å². The first kappa shape index (κ1) is 21.4. The summed E-state index contributed by atoms with van der Waals surface area (Å²) in [6.07, 6.45) is 0.203. The predicted molar refractivity (Wildman–Crippen MR) is 124 cm³/mol. The molecule has 1 N–H and O–H groups in total. The Morgan fingerprint density at radius 1 is 1.06 bits per heavy atom. The number of aryl methyl sites for hydroxylation is 1. The Labute approximate surface area is 193 Å². The summed E-state index contributed by atoms with van der Waals surface area (Å²) in [5, 5.41) is 11.1. The third kappa shape index (κ3) is 4.27. The maximum absolute atomic E-state index is 13.8. The summed E-state index contributed by atoms with van der Waals surface area (Å²) in [4.78, 5) is 17.4. The predicted octanol–water partition coefficient (Wildman–Crippen LogP) is 5.14. The first-order valence-corrected chi connectivity index (χ1v) is 10.6. The van der Waals surface area contributed by atoms with E-state index in [-0.39, 0.29) is 16.9 Å². The number of aromatic nitrogens is 5. The number of rotatable bonds is 6. The molecule has 3 heterocycles. The van der Waals surface area contributed by atoms with Crippen molar-refractivity contribution in [2.75, 3.05) is 5.32 Å². The summed E-state index contributed by atoms with van der Waals surface area (Å²) in [5.74, 6) is -0.196. The molecule has 3 aromatic heterocycles. The fourth-order valence-corrected chi connectivity index (χ4v) is 3.64. The summed E-state index contributed by atoms with van der Waals surface area (Å²) in [7, 11) is 0. The molecular formula is C25H20F2N6O. The SMILES string of the molecule is Cc1ccc(Cn2ccc(NC(=O)c3cnn4c(C(F)F)cc(-c5ccccc5)nc34)n2)cc1. The molecule has 0 fully saturated rings. The molecule has 5 aromatic rings. The van der Waals surface area contributed by atoms with Crippen LogP contribution in [0.25, 0.3) is 16.9 Å². The minimum atomic E-state index is -2.79. The van der Waals surface area contributed by atoms with E-state index in [0.717, 1.165) is 10.1 Å². The van der Waals surface area contributed by atoms with Crippen molar-refractivity contribution in [1.82, 2.24) is 24.4 Å². The van der Waals surface area contributed by atoms with Crippen LogP contribution in [0.15, 0.2) is 79.1 Å². The molecule has 0 saturated heterocycles. The second-order valence-corrected chi connectivity index (χ2v) is 7.86. The van der Waals surface area contributed by atoms with Crippen molar-refractivity contribution < 1.29 is 13.6 Å². The molecule has 0 spiro atoms. The Morgan fingerprint density at radius 2 is 1.82 bits per heavy atom. The van der Waals surface area contributed by atoms with E-state index in [4.69, 9.17) is 0 Å². The summed E-state index contributed by atoms with van der Waals surface area (Å²) in [6.45, 7) is 2.57. The van der Waals surface area contributed by atoms with Crippen molar-refractivity contribution in [2.45, 2.75) is 19.9 Å². The lowest BCUT2D eigenvalue weighted by Gasteiger charge is -2.08. The summed E-state index contributed by atoms with van der Waals surface area (Å²) >= 11 is 0. The van der Waals surface area contributed by atoms with Gasteiger partial charge in [-0.1, -0.05) is 60.2 Å². The van der Waals surface area contributed by atoms with Gasteiger partial charge in [-0.25, -0.2) is 18.3 Å². The fourth-order valence-electron chi connectivity index (χ4n) is 3.64. The molecule has 2 aromatic carbocycles. The molecule has 0 unspecified atom stereocenters. The monoisotopic (exact) mass is 458 g/mol. The maximum Gasteiger partial charge on any atom is 0.280 e. The Kier molecular flexibility index (Phi) is 5.59. The molecule has 34 heavy (non-hydrogen) atoms. The van der Waals surface area contributed by atoms with Crippen molar-refractivity contribution in [3.05, 3.63) is 102 Å². The van der Waals surface area contributed by atoms with Gasteiger partial charge in [0.1, 0.15) is 11.3 Å². The molecule has 0 bridgehead atoms. The Morgan fingerprint density at radius 3 is 2.56 bits per heavy atom. The van der Waals surface area contributed by atoms with Crippen molar-refractivity contribution in [3.8, 4) is 11.3 Å². The summed E-state index contributed by atoms with van der Waals surface area (Å²) in [5.41, 5.74) is 3.02. The number of halogens is 2. The highest BCUT2D eigenvalue weighted by Gasteiger charge is 2.22. The van der Waals surface area contributed by atoms with E-state index in [1.165, 1.54) is 17.8 Å². The minimum absolute atomic E-state index is 0.0493. The average Bonchev–Trinajstić information content (AvgIpc) is 3.47. The van der Waals surface area contributed by atoms with E-state index in [9.17, 15) is 13.6 Å². The van der Waals surface area contributed by atoms with Crippen LogP contribution in [-0.4, -0.2) is 30.3 Å². The number of carbonyl (C=O) groups excluding carboxylic acids is 1. The number of anilines is 1. The lowest BCUT2D eigenvalue weighted by atomic mass is 10.1. The van der Waals surface area contributed by atoms with Gasteiger partial charge in [0.15, 0.2) is 11.5 Å². The molecule has 0 aliphatic heterocycles. The minimum Gasteiger partial charge on any atom is -0.305 e. The number of benzene rings is 2. The maximum atomic E-state index is 13.8. The largest absolute Gasteiger partial charge is 0.305 e. The first-order valence-electron chi connectivity index (χ1n) is 10.6. The molecule has 7 nitrogen and oxygen atoms in total. The van der Waals surface area contributed by atoms with Crippen LogP contribution >= 0.6 is 0 Å². The second kappa shape index (κ2) is 8.86. The van der Waals surface area contributed by atoms with Crippen LogP contribution in [0.5, 0.6) is 0 Å². The molecule has 0 saturated carbocycles. The van der Waals surface area contributed by atoms with Crippen LogP contribution < -0.4 is 5.32 Å². The molecular weight excluding hydrogens is 438 g/mol. The van der Waals surface area contributed by atoms with Crippen LogP contribution in [0.4, 0.5) is 14.6 Å². The second-order valence-electron chi connectivity index (χ2n) is 7.86. The third-order valence-electron chi connectivity index (χ3n) is 5.38. The zero-order chi connectivity index (χ0) is 23.7. The number of alkyl halides is 2. The van der Waals surface area contributed by atoms with Crippen LogP contribution in [0.2, 0.25) is 0 Å². The molecule has 0 radical (unpaired) electrons. The smallest absolute Gasteiger partial charge is 0.280 e. The van der Waals surface area contributed by atoms with Gasteiger partial charge in [-0.3, -0.25) is 9.48 Å². The Bertz CT molecular complexity index is 1460. The number of amides is 1. The Balaban J connectivity index is 1.43. The van der Waals surface area contributed by atoms with Crippen molar-refractivity contribution >= 4 is 17.4 Å². The highest BCUT2D eigenvalue weighted by Crippen LogP contribution is 2.27. The highest BCUT2D eigenvalue weighted by molar-refractivity contribution is 6.07. The number of carbonyl (C=O) groups is 1. The van der Waals surface area contributed by atoms with Crippen LogP contribution in [0.1, 0.15) is 33.6 Å². The van der Waals surface area contributed by atoms with Crippen molar-refractivity contribution in [1.29, 1.82) is 0 Å². The standard InChI is InChI=1S/C25H20F2N6O/c1-16-7-9-17(10-8-16)15-32-12-11-22(31-32)30-25(34)19-14-28-33-21(23(26)27)13-20(29-24(19)33)18-5-3-2-4-6-18/h2-14,23H,15H2,1H3,(H,30,31,34). The number of hydrogen-bond donors (Lipinski definition) is 1. The zero-order valence-corrected chi connectivity index (χ0v) is 18.2. The van der Waals surface area contributed by atoms with Crippen molar-refractivity contribution in [2.24, 2.45) is 0 Å². The van der Waals surface area contributed by atoms with E-state index in [0.29, 0.717) is 23.6 Å². The molecule has 0 atom stereocenters. The van der Waals surface area contributed by atoms with Crippen LogP contribution in [0, 0.1) is 6.92 Å². The van der Waals surface area contributed by atoms with Gasteiger partial charge in [0.25, 0.3) is 12.3 Å². The van der Waals surface area contributed by atoms with Gasteiger partial charge in [-0.2, -0.15) is 10.2 Å². The number of hydrogen-bond acceptors (Lipinski definition) is 4. The Hall–Kier alpha value is -4.40. The molecule has 0 aliphatic carbocycles. The number of nitrogens with one attached hydrogen (secondary N) is 1. The number of fused-ring (bicyclic) bond motifs is 1. The average molecular weight is 458 g/mol. The van der Waals surface area contributed by atoms with Crippen molar-refractivity contribution in [3.63, 3.8) is 0 Å². The van der Waals surface area contributed by atoms with Crippen LogP contribution in [-0.2, 0) is 6.54 Å². The fraction of sp³-hybridized carbons (Fsp3) is 0.120. The zero-order valence-electron chi connectivity index (χ0n) is 18.2. The van der Waals surface area contributed by atoms with E-state index in [2.05, 4.69) is 20.5 Å². The lowest BCUT2D eigenvalue weighted by molar-refractivity contribution is 0.102. The van der Waals surface area contributed by atoms with E-state index >= 15 is 0 Å². The first-order chi connectivity index (χ1) is 16.5. The van der Waals surface area contributed by atoms with E-state index in [1.807, 2.05) is 37.3 Å². The lowest BCUT2D eigenvalue weighted by Crippen LogP contribution is -2.13.